The van der Waals surface area contributed by atoms with E-state index in [1.165, 1.54) is 6.26 Å². The van der Waals surface area contributed by atoms with E-state index < -0.39 is 0 Å². The molecule has 1 heterocycles. The molecule has 0 aliphatic rings. The third-order valence-corrected chi connectivity index (χ3v) is 1.52. The number of furan rings is 1. The van der Waals surface area contributed by atoms with Crippen molar-refractivity contribution in [1.29, 1.82) is 0 Å². The van der Waals surface area contributed by atoms with E-state index in [1.54, 1.807) is 12.1 Å². The Hall–Kier alpha value is -1.74. The van der Waals surface area contributed by atoms with Gasteiger partial charge in [-0.25, -0.2) is 0 Å². The molecule has 0 aliphatic carbocycles. The largest absolute Gasteiger partial charge is 0.461 e. The Morgan fingerprint density at radius 3 is 3.15 bits per heavy atom. The lowest BCUT2D eigenvalue weighted by Gasteiger charge is -1.93. The smallest absolute Gasteiger partial charge is 0.197 e. The molecular weight excluding hydrogens is 170 g/mol. The number of nitrogens with zero attached hydrogens (tertiary/aromatic N) is 3. The third-order valence-electron chi connectivity index (χ3n) is 1.52. The monoisotopic (exact) mass is 179 g/mol. The van der Waals surface area contributed by atoms with Crippen molar-refractivity contribution in [3.63, 3.8) is 0 Å². The summed E-state index contributed by atoms with van der Waals surface area (Å²) in [6, 6.07) is 3.29. The van der Waals surface area contributed by atoms with E-state index in [2.05, 4.69) is 10.0 Å². The van der Waals surface area contributed by atoms with Gasteiger partial charge in [0.2, 0.25) is 0 Å². The number of rotatable bonds is 5. The normalized spacial score (nSPS) is 9.23. The van der Waals surface area contributed by atoms with Crippen LogP contribution in [0.1, 0.15) is 23.4 Å². The minimum Gasteiger partial charge on any atom is -0.461 e. The third kappa shape index (κ3) is 3.01. The highest BCUT2D eigenvalue weighted by Crippen LogP contribution is 2.05. The molecule has 0 N–H and O–H groups in total. The summed E-state index contributed by atoms with van der Waals surface area (Å²) < 4.78 is 4.90. The molecule has 1 aromatic heterocycles. The fraction of sp³-hybridized carbons (Fsp3) is 0.375. The Bertz CT molecular complexity index is 312. The van der Waals surface area contributed by atoms with Crippen molar-refractivity contribution in [3.8, 4) is 0 Å². The maximum absolute atomic E-state index is 11.2. The minimum absolute atomic E-state index is 0.0573. The van der Waals surface area contributed by atoms with Crippen LogP contribution >= 0.6 is 0 Å². The highest BCUT2D eigenvalue weighted by Gasteiger charge is 2.06. The Balaban J connectivity index is 2.30. The summed E-state index contributed by atoms with van der Waals surface area (Å²) in [5.41, 5.74) is 7.97. The van der Waals surface area contributed by atoms with E-state index in [0.29, 0.717) is 25.1 Å². The zero-order valence-electron chi connectivity index (χ0n) is 7.01. The number of azide groups is 1. The summed E-state index contributed by atoms with van der Waals surface area (Å²) in [4.78, 5) is 13.8. The Morgan fingerprint density at radius 1 is 1.69 bits per heavy atom. The number of ketones is 1. The maximum atomic E-state index is 11.2. The van der Waals surface area contributed by atoms with Crippen molar-refractivity contribution in [1.82, 2.24) is 0 Å². The van der Waals surface area contributed by atoms with Crippen LogP contribution in [0, 0.1) is 0 Å². The van der Waals surface area contributed by atoms with Gasteiger partial charge < -0.3 is 4.42 Å². The predicted molar refractivity (Wildman–Crippen MR) is 46.3 cm³/mol. The molecule has 0 fully saturated rings. The number of Topliss-reactive ketones (excluding diaryl/α,β-unsaturated/α-hetero) is 1. The quantitative estimate of drug-likeness (QED) is 0.229. The number of carbonyl (C=O) groups excluding carboxylic acids is 1. The lowest BCUT2D eigenvalue weighted by molar-refractivity contribution is 0.0954. The van der Waals surface area contributed by atoms with Crippen LogP contribution in [0.3, 0.4) is 0 Å². The van der Waals surface area contributed by atoms with Gasteiger partial charge in [0.05, 0.1) is 6.26 Å². The second-order valence-electron chi connectivity index (χ2n) is 2.46. The van der Waals surface area contributed by atoms with Crippen molar-refractivity contribution >= 4 is 5.78 Å². The molecule has 0 bridgehead atoms. The predicted octanol–water partition coefficient (Wildman–Crippen LogP) is 2.55. The van der Waals surface area contributed by atoms with E-state index in [1.807, 2.05) is 0 Å². The second kappa shape index (κ2) is 5.00. The van der Waals surface area contributed by atoms with Gasteiger partial charge >= 0.3 is 0 Å². The van der Waals surface area contributed by atoms with E-state index >= 15 is 0 Å². The molecule has 0 amide bonds. The topological polar surface area (TPSA) is 79.0 Å². The van der Waals surface area contributed by atoms with E-state index in [-0.39, 0.29) is 5.78 Å². The van der Waals surface area contributed by atoms with E-state index in [4.69, 9.17) is 9.95 Å². The molecule has 0 unspecified atom stereocenters. The van der Waals surface area contributed by atoms with Crippen LogP contribution in [-0.4, -0.2) is 12.3 Å². The van der Waals surface area contributed by atoms with Crippen molar-refractivity contribution in [2.75, 3.05) is 6.54 Å². The van der Waals surface area contributed by atoms with Gasteiger partial charge in [-0.2, -0.15) is 0 Å². The Morgan fingerprint density at radius 2 is 2.54 bits per heavy atom. The number of hydrogen-bond acceptors (Lipinski definition) is 3. The summed E-state index contributed by atoms with van der Waals surface area (Å²) >= 11 is 0. The Kier molecular flexibility index (Phi) is 3.60. The first-order valence-corrected chi connectivity index (χ1v) is 3.92. The van der Waals surface area contributed by atoms with E-state index in [9.17, 15) is 4.79 Å². The fourth-order valence-corrected chi connectivity index (χ4v) is 0.915. The summed E-state index contributed by atoms with van der Waals surface area (Å²) in [6.45, 7) is 0.350. The van der Waals surface area contributed by atoms with Gasteiger partial charge in [-0.15, -0.1) is 0 Å². The van der Waals surface area contributed by atoms with Gasteiger partial charge in [0.15, 0.2) is 11.5 Å². The zero-order valence-corrected chi connectivity index (χ0v) is 7.01. The molecule has 68 valence electrons. The van der Waals surface area contributed by atoms with E-state index in [0.717, 1.165) is 0 Å². The standard InChI is InChI=1S/C8H9N3O2/c9-11-10-5-1-3-7(12)8-4-2-6-13-8/h2,4,6H,1,3,5H2. The first-order chi connectivity index (χ1) is 6.34. The SMILES string of the molecule is [N-]=[N+]=NCCCC(=O)c1ccco1. The van der Waals surface area contributed by atoms with Gasteiger partial charge in [0.25, 0.3) is 0 Å². The highest BCUT2D eigenvalue weighted by molar-refractivity contribution is 5.93. The van der Waals surface area contributed by atoms with Gasteiger partial charge in [-0.1, -0.05) is 5.11 Å². The van der Waals surface area contributed by atoms with Crippen LogP contribution in [0.4, 0.5) is 0 Å². The fourth-order valence-electron chi connectivity index (χ4n) is 0.915. The maximum Gasteiger partial charge on any atom is 0.197 e. The lowest BCUT2D eigenvalue weighted by Crippen LogP contribution is -1.97. The van der Waals surface area contributed by atoms with Crippen molar-refractivity contribution in [3.05, 3.63) is 34.6 Å². The van der Waals surface area contributed by atoms with Gasteiger partial charge in [0, 0.05) is 17.9 Å². The molecule has 1 rings (SSSR count). The average molecular weight is 179 g/mol. The summed E-state index contributed by atoms with van der Waals surface area (Å²) in [6.07, 6.45) is 2.37. The highest BCUT2D eigenvalue weighted by atomic mass is 16.3. The molecule has 1 aromatic rings. The molecule has 0 atom stereocenters. The van der Waals surface area contributed by atoms with Crippen molar-refractivity contribution < 1.29 is 9.21 Å². The van der Waals surface area contributed by atoms with Crippen LogP contribution in [-0.2, 0) is 0 Å². The molecule has 13 heavy (non-hydrogen) atoms. The molecule has 0 radical (unpaired) electrons. The summed E-state index contributed by atoms with van der Waals surface area (Å²) in [5.74, 6) is 0.305. The van der Waals surface area contributed by atoms with Crippen LogP contribution in [0.15, 0.2) is 27.9 Å². The van der Waals surface area contributed by atoms with Crippen LogP contribution in [0.5, 0.6) is 0 Å². The zero-order chi connectivity index (χ0) is 9.52. The molecule has 5 heteroatoms. The van der Waals surface area contributed by atoms with Gasteiger partial charge in [0.1, 0.15) is 0 Å². The lowest BCUT2D eigenvalue weighted by atomic mass is 10.2. The van der Waals surface area contributed by atoms with Crippen LogP contribution < -0.4 is 0 Å². The van der Waals surface area contributed by atoms with Gasteiger partial charge in [-0.3, -0.25) is 4.79 Å². The van der Waals surface area contributed by atoms with Crippen LogP contribution in [0.2, 0.25) is 0 Å². The molecular formula is C8H9N3O2. The molecule has 0 aromatic carbocycles. The molecule has 5 nitrogen and oxygen atoms in total. The summed E-state index contributed by atoms with van der Waals surface area (Å²) in [7, 11) is 0. The molecule has 0 saturated heterocycles. The second-order valence-corrected chi connectivity index (χ2v) is 2.46. The molecule has 0 aliphatic heterocycles. The minimum atomic E-state index is -0.0573. The summed E-state index contributed by atoms with van der Waals surface area (Å²) in [5, 5.41) is 3.32. The first kappa shape index (κ1) is 9.35. The van der Waals surface area contributed by atoms with Crippen molar-refractivity contribution in [2.24, 2.45) is 5.11 Å². The van der Waals surface area contributed by atoms with Crippen LogP contribution in [0.25, 0.3) is 10.4 Å². The number of hydrogen-bond donors (Lipinski definition) is 0. The molecule has 0 saturated carbocycles. The Labute approximate surface area is 75.0 Å². The molecule has 0 spiro atoms. The first-order valence-electron chi connectivity index (χ1n) is 3.92. The van der Waals surface area contributed by atoms with Crippen molar-refractivity contribution in [2.45, 2.75) is 12.8 Å². The number of carbonyl (C=O) groups is 1. The van der Waals surface area contributed by atoms with Gasteiger partial charge in [-0.05, 0) is 24.1 Å². The average Bonchev–Trinajstić information content (AvgIpc) is 2.65.